The van der Waals surface area contributed by atoms with E-state index in [2.05, 4.69) is 21.2 Å². The standard InChI is InChI=1S/C13H18BrNO3S/c1-9(14)8-10(2)15-13(16)11-4-6-12(7-5-11)19(3,17)18/h4-7,9-10H,8H2,1-3H3,(H,15,16). The van der Waals surface area contributed by atoms with Crippen molar-refractivity contribution in [3.63, 3.8) is 0 Å². The van der Waals surface area contributed by atoms with Gasteiger partial charge in [-0.05, 0) is 37.6 Å². The van der Waals surface area contributed by atoms with Crippen LogP contribution in [0.2, 0.25) is 0 Å². The van der Waals surface area contributed by atoms with Gasteiger partial charge < -0.3 is 5.32 Å². The highest BCUT2D eigenvalue weighted by molar-refractivity contribution is 9.09. The van der Waals surface area contributed by atoms with E-state index in [1.54, 1.807) is 0 Å². The summed E-state index contributed by atoms with van der Waals surface area (Å²) in [4.78, 5) is 12.5. The third kappa shape index (κ3) is 5.32. The van der Waals surface area contributed by atoms with Crippen molar-refractivity contribution in [1.29, 1.82) is 0 Å². The smallest absolute Gasteiger partial charge is 0.251 e. The van der Waals surface area contributed by atoms with E-state index in [4.69, 9.17) is 0 Å². The van der Waals surface area contributed by atoms with Crippen LogP contribution in [-0.4, -0.2) is 31.4 Å². The molecule has 1 amide bonds. The lowest BCUT2D eigenvalue weighted by atomic mass is 10.1. The molecule has 0 saturated heterocycles. The van der Waals surface area contributed by atoms with Crippen LogP contribution in [0.5, 0.6) is 0 Å². The average molecular weight is 348 g/mol. The molecule has 0 bridgehead atoms. The van der Waals surface area contributed by atoms with Crippen molar-refractivity contribution in [3.8, 4) is 0 Å². The Morgan fingerprint density at radius 1 is 1.26 bits per heavy atom. The molecule has 0 saturated carbocycles. The lowest BCUT2D eigenvalue weighted by molar-refractivity contribution is 0.0938. The molecule has 4 nitrogen and oxygen atoms in total. The minimum atomic E-state index is -3.22. The minimum absolute atomic E-state index is 0.0523. The summed E-state index contributed by atoms with van der Waals surface area (Å²) in [7, 11) is -3.22. The fourth-order valence-corrected chi connectivity index (χ4v) is 2.90. The van der Waals surface area contributed by atoms with Crippen LogP contribution in [-0.2, 0) is 9.84 Å². The Morgan fingerprint density at radius 3 is 2.21 bits per heavy atom. The first kappa shape index (κ1) is 16.2. The maximum absolute atomic E-state index is 11.9. The number of halogens is 1. The number of benzene rings is 1. The predicted molar refractivity (Wildman–Crippen MR) is 79.5 cm³/mol. The van der Waals surface area contributed by atoms with Crippen molar-refractivity contribution in [2.24, 2.45) is 0 Å². The second-order valence-corrected chi connectivity index (χ2v) is 8.27. The molecule has 0 spiro atoms. The van der Waals surface area contributed by atoms with Crippen LogP contribution in [0.1, 0.15) is 30.6 Å². The van der Waals surface area contributed by atoms with Gasteiger partial charge in [0.2, 0.25) is 0 Å². The molecular formula is C13H18BrNO3S. The zero-order chi connectivity index (χ0) is 14.6. The molecule has 1 rings (SSSR count). The van der Waals surface area contributed by atoms with E-state index in [1.807, 2.05) is 13.8 Å². The molecule has 0 aromatic heterocycles. The molecule has 0 heterocycles. The fourth-order valence-electron chi connectivity index (χ4n) is 1.71. The molecule has 0 aliphatic carbocycles. The number of alkyl halides is 1. The van der Waals surface area contributed by atoms with Gasteiger partial charge in [0, 0.05) is 22.7 Å². The Hall–Kier alpha value is -0.880. The number of carbonyl (C=O) groups excluding carboxylic acids is 1. The van der Waals surface area contributed by atoms with Crippen molar-refractivity contribution in [3.05, 3.63) is 29.8 Å². The molecule has 0 aliphatic heterocycles. The van der Waals surface area contributed by atoms with Crippen molar-refractivity contribution in [1.82, 2.24) is 5.32 Å². The van der Waals surface area contributed by atoms with E-state index in [-0.39, 0.29) is 16.8 Å². The quantitative estimate of drug-likeness (QED) is 0.831. The molecule has 0 aliphatic rings. The molecule has 0 radical (unpaired) electrons. The van der Waals surface area contributed by atoms with E-state index in [0.29, 0.717) is 10.4 Å². The first-order valence-corrected chi connectivity index (χ1v) is 8.76. The number of rotatable bonds is 5. The zero-order valence-corrected chi connectivity index (χ0v) is 13.6. The monoisotopic (exact) mass is 347 g/mol. The van der Waals surface area contributed by atoms with Crippen molar-refractivity contribution >= 4 is 31.7 Å². The molecule has 6 heteroatoms. The number of sulfone groups is 1. The normalized spacial score (nSPS) is 14.7. The summed E-state index contributed by atoms with van der Waals surface area (Å²) in [5.41, 5.74) is 0.460. The summed E-state index contributed by atoms with van der Waals surface area (Å²) in [5, 5.41) is 2.87. The van der Waals surface area contributed by atoms with E-state index in [9.17, 15) is 13.2 Å². The number of hydrogen-bond donors (Lipinski definition) is 1. The van der Waals surface area contributed by atoms with Gasteiger partial charge in [-0.1, -0.05) is 22.9 Å². The van der Waals surface area contributed by atoms with Gasteiger partial charge in [0.1, 0.15) is 0 Å². The highest BCUT2D eigenvalue weighted by Gasteiger charge is 2.13. The summed E-state index contributed by atoms with van der Waals surface area (Å²) >= 11 is 3.43. The lowest BCUT2D eigenvalue weighted by Crippen LogP contribution is -2.33. The maximum Gasteiger partial charge on any atom is 0.251 e. The van der Waals surface area contributed by atoms with Crippen LogP contribution >= 0.6 is 15.9 Å². The second kappa shape index (κ2) is 6.52. The highest BCUT2D eigenvalue weighted by atomic mass is 79.9. The molecule has 106 valence electrons. The third-order valence-corrected chi connectivity index (χ3v) is 4.10. The molecule has 19 heavy (non-hydrogen) atoms. The largest absolute Gasteiger partial charge is 0.350 e. The zero-order valence-electron chi connectivity index (χ0n) is 11.2. The van der Waals surface area contributed by atoms with E-state index < -0.39 is 9.84 Å². The first-order valence-electron chi connectivity index (χ1n) is 5.95. The Labute approximate surface area is 122 Å². The number of nitrogens with one attached hydrogen (secondary N) is 1. The molecule has 2 atom stereocenters. The summed E-state index contributed by atoms with van der Waals surface area (Å²) in [6.07, 6.45) is 1.97. The highest BCUT2D eigenvalue weighted by Crippen LogP contribution is 2.11. The molecule has 1 aromatic carbocycles. The van der Waals surface area contributed by atoms with Crippen molar-refractivity contribution in [2.75, 3.05) is 6.26 Å². The van der Waals surface area contributed by atoms with Crippen LogP contribution in [0.15, 0.2) is 29.2 Å². The van der Waals surface area contributed by atoms with Crippen LogP contribution in [0.4, 0.5) is 0 Å². The van der Waals surface area contributed by atoms with Gasteiger partial charge in [0.15, 0.2) is 9.84 Å². The summed E-state index contributed by atoms with van der Waals surface area (Å²) < 4.78 is 22.6. The van der Waals surface area contributed by atoms with Crippen LogP contribution in [0.25, 0.3) is 0 Å². The van der Waals surface area contributed by atoms with Gasteiger partial charge in [-0.25, -0.2) is 8.42 Å². The maximum atomic E-state index is 11.9. The molecule has 0 fully saturated rings. The summed E-state index contributed by atoms with van der Waals surface area (Å²) in [6.45, 7) is 3.95. The Bertz CT molecular complexity index is 538. The van der Waals surface area contributed by atoms with Gasteiger partial charge in [0.25, 0.3) is 5.91 Å². The molecular weight excluding hydrogens is 330 g/mol. The third-order valence-electron chi connectivity index (χ3n) is 2.60. The van der Waals surface area contributed by atoms with Gasteiger partial charge in [-0.2, -0.15) is 0 Å². The Kier molecular flexibility index (Phi) is 5.55. The van der Waals surface area contributed by atoms with Gasteiger partial charge in [0.05, 0.1) is 4.90 Å². The summed E-state index contributed by atoms with van der Waals surface area (Å²) in [5.74, 6) is -0.194. The van der Waals surface area contributed by atoms with E-state index in [1.165, 1.54) is 24.3 Å². The van der Waals surface area contributed by atoms with Crippen molar-refractivity contribution in [2.45, 2.75) is 36.0 Å². The average Bonchev–Trinajstić information content (AvgIpc) is 2.26. The molecule has 1 N–H and O–H groups in total. The fraction of sp³-hybridized carbons (Fsp3) is 0.462. The minimum Gasteiger partial charge on any atom is -0.350 e. The van der Waals surface area contributed by atoms with E-state index in [0.717, 1.165) is 12.7 Å². The predicted octanol–water partition coefficient (Wildman–Crippen LogP) is 2.38. The number of hydrogen-bond acceptors (Lipinski definition) is 3. The van der Waals surface area contributed by atoms with Crippen LogP contribution < -0.4 is 5.32 Å². The number of amides is 1. The van der Waals surface area contributed by atoms with Gasteiger partial charge >= 0.3 is 0 Å². The Morgan fingerprint density at radius 2 is 1.79 bits per heavy atom. The van der Waals surface area contributed by atoms with E-state index >= 15 is 0 Å². The Balaban J connectivity index is 2.74. The molecule has 2 unspecified atom stereocenters. The summed E-state index contributed by atoms with van der Waals surface area (Å²) in [6, 6.07) is 5.99. The SMILES string of the molecule is CC(Br)CC(C)NC(=O)c1ccc(S(C)(=O)=O)cc1. The van der Waals surface area contributed by atoms with Gasteiger partial charge in [-0.15, -0.1) is 0 Å². The van der Waals surface area contributed by atoms with Crippen LogP contribution in [0, 0.1) is 0 Å². The van der Waals surface area contributed by atoms with Gasteiger partial charge in [-0.3, -0.25) is 4.79 Å². The lowest BCUT2D eigenvalue weighted by Gasteiger charge is -2.15. The number of carbonyl (C=O) groups is 1. The first-order chi connectivity index (χ1) is 8.70. The topological polar surface area (TPSA) is 63.2 Å². The molecule has 1 aromatic rings. The van der Waals surface area contributed by atoms with Crippen molar-refractivity contribution < 1.29 is 13.2 Å². The van der Waals surface area contributed by atoms with Crippen LogP contribution in [0.3, 0.4) is 0 Å². The second-order valence-electron chi connectivity index (χ2n) is 4.69.